The maximum absolute atomic E-state index is 12.4. The van der Waals surface area contributed by atoms with E-state index >= 15 is 0 Å². The maximum atomic E-state index is 12.4. The Labute approximate surface area is 116 Å². The number of aromatic amines is 1. The molecule has 1 heterocycles. The van der Waals surface area contributed by atoms with E-state index in [9.17, 15) is 9.59 Å². The first-order valence-corrected chi connectivity index (χ1v) is 7.13. The summed E-state index contributed by atoms with van der Waals surface area (Å²) in [7, 11) is 0. The molecule has 5 nitrogen and oxygen atoms in total. The summed E-state index contributed by atoms with van der Waals surface area (Å²) in [5.74, 6) is 0.176. The first-order valence-electron chi connectivity index (χ1n) is 6.75. The topological polar surface area (TPSA) is 64.1 Å². The molecule has 0 radical (unpaired) electrons. The molecule has 0 atom stereocenters. The molecule has 6 heteroatoms. The standard InChI is InChI=1S/C13H19ClN2O3/c1-2-19-8-7-16-12(17)10(9-5-3-4-6-9)11(14)15-13(16)18/h9H,2-8H2,1H3,(H,15,18). The highest BCUT2D eigenvalue weighted by molar-refractivity contribution is 6.30. The number of nitrogens with one attached hydrogen (secondary N) is 1. The van der Waals surface area contributed by atoms with Gasteiger partial charge in [0.2, 0.25) is 0 Å². The fraction of sp³-hybridized carbons (Fsp3) is 0.692. The number of aromatic nitrogens is 2. The van der Waals surface area contributed by atoms with E-state index in [0.29, 0.717) is 18.8 Å². The van der Waals surface area contributed by atoms with Gasteiger partial charge in [-0.1, -0.05) is 24.4 Å². The van der Waals surface area contributed by atoms with Gasteiger partial charge in [-0.2, -0.15) is 0 Å². The number of hydrogen-bond donors (Lipinski definition) is 1. The highest BCUT2D eigenvalue weighted by Gasteiger charge is 2.24. The van der Waals surface area contributed by atoms with Gasteiger partial charge in [0.25, 0.3) is 5.56 Å². The first-order chi connectivity index (χ1) is 9.15. The summed E-state index contributed by atoms with van der Waals surface area (Å²) >= 11 is 6.05. The summed E-state index contributed by atoms with van der Waals surface area (Å²) in [6, 6.07) is 0. The predicted octanol–water partition coefficient (Wildman–Crippen LogP) is 1.88. The van der Waals surface area contributed by atoms with Gasteiger partial charge in [-0.15, -0.1) is 0 Å². The van der Waals surface area contributed by atoms with Crippen molar-refractivity contribution in [3.63, 3.8) is 0 Å². The number of nitrogens with zero attached hydrogens (tertiary/aromatic N) is 1. The van der Waals surface area contributed by atoms with Gasteiger partial charge in [0.15, 0.2) is 0 Å². The van der Waals surface area contributed by atoms with Gasteiger partial charge in [0.1, 0.15) is 5.15 Å². The molecule has 0 aromatic carbocycles. The van der Waals surface area contributed by atoms with E-state index in [0.717, 1.165) is 25.7 Å². The van der Waals surface area contributed by atoms with Crippen molar-refractivity contribution in [2.45, 2.75) is 45.1 Å². The van der Waals surface area contributed by atoms with Gasteiger partial charge in [0, 0.05) is 6.61 Å². The SMILES string of the molecule is CCOCCn1c(=O)[nH]c(Cl)c(C2CCCC2)c1=O. The van der Waals surface area contributed by atoms with Crippen LogP contribution in [0.25, 0.3) is 0 Å². The van der Waals surface area contributed by atoms with Crippen molar-refractivity contribution in [3.8, 4) is 0 Å². The van der Waals surface area contributed by atoms with Gasteiger partial charge >= 0.3 is 5.69 Å². The van der Waals surface area contributed by atoms with E-state index in [1.165, 1.54) is 4.57 Å². The van der Waals surface area contributed by atoms with Crippen LogP contribution in [0.2, 0.25) is 5.15 Å². The zero-order chi connectivity index (χ0) is 13.8. The highest BCUT2D eigenvalue weighted by Crippen LogP contribution is 2.34. The summed E-state index contributed by atoms with van der Waals surface area (Å²) in [6.45, 7) is 3.05. The van der Waals surface area contributed by atoms with Crippen molar-refractivity contribution in [1.29, 1.82) is 0 Å². The van der Waals surface area contributed by atoms with Crippen molar-refractivity contribution in [1.82, 2.24) is 9.55 Å². The molecule has 0 spiro atoms. The minimum Gasteiger partial charge on any atom is -0.380 e. The summed E-state index contributed by atoms with van der Waals surface area (Å²) in [5.41, 5.74) is -0.160. The molecule has 0 bridgehead atoms. The van der Waals surface area contributed by atoms with Crippen LogP contribution in [-0.4, -0.2) is 22.8 Å². The van der Waals surface area contributed by atoms with E-state index < -0.39 is 5.69 Å². The number of ether oxygens (including phenoxy) is 1. The fourth-order valence-electron chi connectivity index (χ4n) is 2.63. The third kappa shape index (κ3) is 3.09. The summed E-state index contributed by atoms with van der Waals surface area (Å²) in [4.78, 5) is 26.8. The van der Waals surface area contributed by atoms with Crippen LogP contribution in [0.5, 0.6) is 0 Å². The van der Waals surface area contributed by atoms with Crippen molar-refractivity contribution < 1.29 is 4.74 Å². The molecule has 1 saturated carbocycles. The van der Waals surface area contributed by atoms with E-state index in [1.54, 1.807) is 0 Å². The molecule has 106 valence electrons. The highest BCUT2D eigenvalue weighted by atomic mass is 35.5. The van der Waals surface area contributed by atoms with Crippen LogP contribution in [0.15, 0.2) is 9.59 Å². The Bertz CT molecular complexity index is 544. The van der Waals surface area contributed by atoms with E-state index in [1.807, 2.05) is 6.92 Å². The number of rotatable bonds is 5. The fourth-order valence-corrected chi connectivity index (χ4v) is 2.95. The molecule has 19 heavy (non-hydrogen) atoms. The van der Waals surface area contributed by atoms with Crippen LogP contribution in [0.4, 0.5) is 0 Å². The van der Waals surface area contributed by atoms with Gasteiger partial charge in [0.05, 0.1) is 18.7 Å². The molecule has 1 fully saturated rings. The van der Waals surface area contributed by atoms with Crippen LogP contribution < -0.4 is 11.2 Å². The van der Waals surface area contributed by atoms with Crippen LogP contribution in [0.3, 0.4) is 0 Å². The monoisotopic (exact) mass is 286 g/mol. The maximum Gasteiger partial charge on any atom is 0.329 e. The zero-order valence-electron chi connectivity index (χ0n) is 11.1. The van der Waals surface area contributed by atoms with Crippen LogP contribution in [0.1, 0.15) is 44.1 Å². The Morgan fingerprint density at radius 3 is 2.68 bits per heavy atom. The average molecular weight is 287 g/mol. The largest absolute Gasteiger partial charge is 0.380 e. The zero-order valence-corrected chi connectivity index (χ0v) is 11.8. The Kier molecular flexibility index (Phi) is 4.82. The lowest BCUT2D eigenvalue weighted by Gasteiger charge is -2.13. The third-order valence-electron chi connectivity index (χ3n) is 3.60. The lowest BCUT2D eigenvalue weighted by molar-refractivity contribution is 0.137. The van der Waals surface area contributed by atoms with Gasteiger partial charge in [-0.25, -0.2) is 4.79 Å². The summed E-state index contributed by atoms with van der Waals surface area (Å²) in [6.07, 6.45) is 4.15. The Hall–Kier alpha value is -1.07. The number of H-pyrrole nitrogens is 1. The van der Waals surface area contributed by atoms with Crippen molar-refractivity contribution in [2.75, 3.05) is 13.2 Å². The molecular formula is C13H19ClN2O3. The smallest absolute Gasteiger partial charge is 0.329 e. The lowest BCUT2D eigenvalue weighted by atomic mass is 10.0. The molecule has 0 aliphatic heterocycles. The molecule has 1 N–H and O–H groups in total. The molecule has 0 unspecified atom stereocenters. The second-order valence-corrected chi connectivity index (χ2v) is 5.17. The summed E-state index contributed by atoms with van der Waals surface area (Å²) < 4.78 is 6.39. The van der Waals surface area contributed by atoms with Crippen LogP contribution in [-0.2, 0) is 11.3 Å². The molecule has 2 rings (SSSR count). The second-order valence-electron chi connectivity index (χ2n) is 4.79. The molecule has 1 aliphatic carbocycles. The Morgan fingerprint density at radius 1 is 1.37 bits per heavy atom. The van der Waals surface area contributed by atoms with E-state index in [-0.39, 0.29) is 23.2 Å². The van der Waals surface area contributed by atoms with E-state index in [2.05, 4.69) is 4.98 Å². The normalized spacial score (nSPS) is 16.1. The molecule has 1 aromatic heterocycles. The van der Waals surface area contributed by atoms with Gasteiger partial charge in [-0.05, 0) is 25.7 Å². The molecule has 0 amide bonds. The third-order valence-corrected chi connectivity index (χ3v) is 3.90. The minimum atomic E-state index is -0.462. The molecule has 1 aliphatic rings. The number of halogens is 1. The quantitative estimate of drug-likeness (QED) is 0.664. The Balaban J connectivity index is 2.35. The minimum absolute atomic E-state index is 0.176. The Morgan fingerprint density at radius 2 is 2.05 bits per heavy atom. The van der Waals surface area contributed by atoms with E-state index in [4.69, 9.17) is 16.3 Å². The van der Waals surface area contributed by atoms with Crippen LogP contribution >= 0.6 is 11.6 Å². The molecular weight excluding hydrogens is 268 g/mol. The molecule has 1 aromatic rings. The average Bonchev–Trinajstić information content (AvgIpc) is 2.87. The van der Waals surface area contributed by atoms with Crippen LogP contribution in [0, 0.1) is 0 Å². The lowest BCUT2D eigenvalue weighted by Crippen LogP contribution is -2.39. The van der Waals surface area contributed by atoms with Gasteiger partial charge in [-0.3, -0.25) is 14.3 Å². The summed E-state index contributed by atoms with van der Waals surface area (Å²) in [5, 5.41) is 0.203. The van der Waals surface area contributed by atoms with Crippen molar-refractivity contribution in [3.05, 3.63) is 31.6 Å². The first kappa shape index (κ1) is 14.3. The predicted molar refractivity (Wildman–Crippen MR) is 74.0 cm³/mol. The molecule has 0 saturated heterocycles. The van der Waals surface area contributed by atoms with Crippen molar-refractivity contribution >= 4 is 11.6 Å². The van der Waals surface area contributed by atoms with Gasteiger partial charge < -0.3 is 4.74 Å². The number of hydrogen-bond acceptors (Lipinski definition) is 3. The van der Waals surface area contributed by atoms with Crippen molar-refractivity contribution in [2.24, 2.45) is 0 Å². The second kappa shape index (κ2) is 6.39.